The zero-order chi connectivity index (χ0) is 15.6. The van der Waals surface area contributed by atoms with Gasteiger partial charge in [-0.05, 0) is 19.3 Å². The summed E-state index contributed by atoms with van der Waals surface area (Å²) in [4.78, 5) is 40.4. The van der Waals surface area contributed by atoms with Gasteiger partial charge in [0.1, 0.15) is 0 Å². The summed E-state index contributed by atoms with van der Waals surface area (Å²) in [5.41, 5.74) is 0. The van der Waals surface area contributed by atoms with Crippen molar-refractivity contribution in [3.05, 3.63) is 0 Å². The van der Waals surface area contributed by atoms with E-state index in [0.29, 0.717) is 13.0 Å². The Bertz CT molecular complexity index is 375. The Morgan fingerprint density at radius 1 is 0.619 bits per heavy atom. The molecular formula is C15H23N3O3. The van der Waals surface area contributed by atoms with Gasteiger partial charge in [-0.3, -0.25) is 0 Å². The summed E-state index contributed by atoms with van der Waals surface area (Å²) in [5, 5.41) is 0. The molecule has 0 bridgehead atoms. The van der Waals surface area contributed by atoms with E-state index in [1.165, 1.54) is 37.8 Å². The smallest absolute Gasteiger partial charge is 0.211 e. The minimum atomic E-state index is -0.603. The lowest BCUT2D eigenvalue weighted by Crippen LogP contribution is -1.99. The summed E-state index contributed by atoms with van der Waals surface area (Å²) in [6, 6.07) is 0. The Balaban J connectivity index is 3.33. The average Bonchev–Trinajstić information content (AvgIpc) is 2.48. The first-order chi connectivity index (χ1) is 10.3. The molecular weight excluding hydrogens is 270 g/mol. The number of hydrogen-bond donors (Lipinski definition) is 0. The summed E-state index contributed by atoms with van der Waals surface area (Å²) < 4.78 is 0. The molecule has 6 heteroatoms. The summed E-state index contributed by atoms with van der Waals surface area (Å²) >= 11 is 0. The Morgan fingerprint density at radius 3 is 1.57 bits per heavy atom. The fourth-order valence-corrected chi connectivity index (χ4v) is 2.08. The molecule has 0 spiro atoms. The minimum absolute atomic E-state index is 0.594. The molecule has 0 fully saturated rings. The third-order valence-electron chi connectivity index (χ3n) is 3.20. The second-order valence-corrected chi connectivity index (χ2v) is 4.87. The van der Waals surface area contributed by atoms with Crippen molar-refractivity contribution in [3.8, 4) is 0 Å². The van der Waals surface area contributed by atoms with Crippen LogP contribution in [0.3, 0.4) is 0 Å². The number of unbranched alkanes of at least 4 members (excludes halogenated alkanes) is 8. The van der Waals surface area contributed by atoms with E-state index >= 15 is 0 Å². The van der Waals surface area contributed by atoms with Crippen LogP contribution in [0.2, 0.25) is 0 Å². The van der Waals surface area contributed by atoms with E-state index in [0.717, 1.165) is 32.1 Å². The van der Waals surface area contributed by atoms with Crippen LogP contribution in [0.1, 0.15) is 64.2 Å². The van der Waals surface area contributed by atoms with Crippen LogP contribution in [-0.2, 0) is 14.4 Å². The van der Waals surface area contributed by atoms with E-state index in [2.05, 4.69) is 15.0 Å². The lowest BCUT2D eigenvalue weighted by molar-refractivity contribution is 0.515. The van der Waals surface area contributed by atoms with E-state index in [4.69, 9.17) is 0 Å². The summed E-state index contributed by atoms with van der Waals surface area (Å²) in [7, 11) is 0. The summed E-state index contributed by atoms with van der Waals surface area (Å²) in [6.07, 6.45) is 14.3. The number of hydrogen-bond acceptors (Lipinski definition) is 6. The first kappa shape index (κ1) is 19.1. The molecule has 0 unspecified atom stereocenters. The van der Waals surface area contributed by atoms with Crippen LogP contribution in [0.15, 0.2) is 15.0 Å². The Hall–Kier alpha value is -1.86. The molecule has 0 aromatic carbocycles. The van der Waals surface area contributed by atoms with Crippen LogP contribution < -0.4 is 0 Å². The van der Waals surface area contributed by atoms with Gasteiger partial charge in [-0.1, -0.05) is 44.9 Å². The summed E-state index contributed by atoms with van der Waals surface area (Å²) in [5.74, 6) is 0. The van der Waals surface area contributed by atoms with Gasteiger partial charge in [0.15, 0.2) is 6.17 Å². The fourth-order valence-electron chi connectivity index (χ4n) is 2.08. The first-order valence-corrected chi connectivity index (χ1v) is 7.52. The SMILES string of the molecule is O=C=NCCCCCCCCCCCC(N=C=O)N=C=O. The molecule has 0 atom stereocenters. The van der Waals surface area contributed by atoms with Gasteiger partial charge < -0.3 is 0 Å². The Labute approximate surface area is 125 Å². The Kier molecular flexibility index (Phi) is 14.8. The molecule has 0 saturated heterocycles. The van der Waals surface area contributed by atoms with Crippen molar-refractivity contribution in [1.82, 2.24) is 0 Å². The number of carbonyl (C=O) groups excluding carboxylic acids is 3. The van der Waals surface area contributed by atoms with Crippen LogP contribution in [0.4, 0.5) is 0 Å². The lowest BCUT2D eigenvalue weighted by Gasteiger charge is -2.04. The number of nitrogens with zero attached hydrogens (tertiary/aromatic N) is 3. The molecule has 0 aliphatic rings. The minimum Gasteiger partial charge on any atom is -0.211 e. The van der Waals surface area contributed by atoms with Gasteiger partial charge in [-0.25, -0.2) is 19.4 Å². The van der Waals surface area contributed by atoms with E-state index in [-0.39, 0.29) is 0 Å². The molecule has 0 aromatic rings. The lowest BCUT2D eigenvalue weighted by atomic mass is 10.1. The molecule has 0 amide bonds. The van der Waals surface area contributed by atoms with Crippen LogP contribution in [0, 0.1) is 0 Å². The maximum absolute atomic E-state index is 10.1. The van der Waals surface area contributed by atoms with Crippen LogP contribution in [0.25, 0.3) is 0 Å². The summed E-state index contributed by atoms with van der Waals surface area (Å²) in [6.45, 7) is 0.594. The second kappa shape index (κ2) is 16.2. The van der Waals surface area contributed by atoms with E-state index in [1.807, 2.05) is 0 Å². The highest BCUT2D eigenvalue weighted by Crippen LogP contribution is 2.12. The van der Waals surface area contributed by atoms with Crippen molar-refractivity contribution >= 4 is 18.2 Å². The van der Waals surface area contributed by atoms with Crippen LogP contribution in [-0.4, -0.2) is 31.0 Å². The predicted molar refractivity (Wildman–Crippen MR) is 79.2 cm³/mol. The molecule has 0 saturated carbocycles. The molecule has 0 aromatic heterocycles. The largest absolute Gasteiger partial charge is 0.237 e. The predicted octanol–water partition coefficient (Wildman–Crippen LogP) is 3.22. The fraction of sp³-hybridized carbons (Fsp3) is 0.800. The molecule has 0 heterocycles. The number of rotatable bonds is 14. The average molecular weight is 293 g/mol. The van der Waals surface area contributed by atoms with Gasteiger partial charge in [0, 0.05) is 0 Å². The highest BCUT2D eigenvalue weighted by atomic mass is 16.1. The maximum atomic E-state index is 10.1. The molecule has 0 aliphatic heterocycles. The Morgan fingerprint density at radius 2 is 1.10 bits per heavy atom. The molecule has 0 aliphatic carbocycles. The van der Waals surface area contributed by atoms with Crippen molar-refractivity contribution < 1.29 is 14.4 Å². The zero-order valence-electron chi connectivity index (χ0n) is 12.4. The molecule has 0 N–H and O–H groups in total. The van der Waals surface area contributed by atoms with Crippen molar-refractivity contribution in [1.29, 1.82) is 0 Å². The van der Waals surface area contributed by atoms with E-state index in [1.54, 1.807) is 6.08 Å². The van der Waals surface area contributed by atoms with Gasteiger partial charge >= 0.3 is 0 Å². The quantitative estimate of drug-likeness (QED) is 0.280. The van der Waals surface area contributed by atoms with Crippen molar-refractivity contribution in [2.24, 2.45) is 15.0 Å². The topological polar surface area (TPSA) is 88.3 Å². The van der Waals surface area contributed by atoms with Crippen LogP contribution >= 0.6 is 0 Å². The molecule has 21 heavy (non-hydrogen) atoms. The van der Waals surface area contributed by atoms with Crippen LogP contribution in [0.5, 0.6) is 0 Å². The van der Waals surface area contributed by atoms with Gasteiger partial charge in [-0.2, -0.15) is 9.98 Å². The van der Waals surface area contributed by atoms with Gasteiger partial charge in [0.05, 0.1) is 6.54 Å². The molecule has 116 valence electrons. The third-order valence-corrected chi connectivity index (χ3v) is 3.20. The molecule has 6 nitrogen and oxygen atoms in total. The van der Waals surface area contributed by atoms with Gasteiger partial charge in [0.25, 0.3) is 0 Å². The van der Waals surface area contributed by atoms with E-state index < -0.39 is 6.17 Å². The van der Waals surface area contributed by atoms with Gasteiger partial charge in [0.2, 0.25) is 18.2 Å². The standard InChI is InChI=1S/C15H23N3O3/c19-12-16-11-9-7-5-3-1-2-4-6-8-10-15(17-13-20)18-14-21/h15H,1-11H2. The second-order valence-electron chi connectivity index (χ2n) is 4.87. The monoisotopic (exact) mass is 293 g/mol. The third kappa shape index (κ3) is 14.4. The zero-order valence-corrected chi connectivity index (χ0v) is 12.4. The molecule has 0 rings (SSSR count). The number of isocyanates is 3. The van der Waals surface area contributed by atoms with Crippen molar-refractivity contribution in [2.45, 2.75) is 70.4 Å². The highest BCUT2D eigenvalue weighted by Gasteiger charge is 2.03. The highest BCUT2D eigenvalue weighted by molar-refractivity contribution is 5.36. The van der Waals surface area contributed by atoms with Gasteiger partial charge in [-0.15, -0.1) is 0 Å². The number of aliphatic imine (C=N–C) groups is 3. The van der Waals surface area contributed by atoms with E-state index in [9.17, 15) is 14.4 Å². The van der Waals surface area contributed by atoms with Crippen molar-refractivity contribution in [2.75, 3.05) is 6.54 Å². The first-order valence-electron chi connectivity index (χ1n) is 7.52. The normalized spacial score (nSPS) is 10.9. The maximum Gasteiger partial charge on any atom is 0.237 e. The molecule has 0 radical (unpaired) electrons. The van der Waals surface area contributed by atoms with Crippen molar-refractivity contribution in [3.63, 3.8) is 0 Å².